The number of hydrogen-bond donors (Lipinski definition) is 2. The van der Waals surface area contributed by atoms with Gasteiger partial charge in [0.2, 0.25) is 0 Å². The zero-order valence-corrected chi connectivity index (χ0v) is 26.3. The van der Waals surface area contributed by atoms with E-state index in [-0.39, 0.29) is 17.4 Å². The topological polar surface area (TPSA) is 123 Å². The second-order valence-corrected chi connectivity index (χ2v) is 10.8. The second-order valence-electron chi connectivity index (χ2n) is 10.3. The number of hydrazone groups is 1. The van der Waals surface area contributed by atoms with Gasteiger partial charge in [-0.25, -0.2) is 15.0 Å². The number of amides is 2. The highest BCUT2D eigenvalue weighted by atomic mass is 35.5. The molecule has 2 amide bonds. The van der Waals surface area contributed by atoms with Crippen LogP contribution >= 0.6 is 11.6 Å². The minimum atomic E-state index is -0.687. The minimum absolute atomic E-state index is 0.210. The zero-order chi connectivity index (χ0) is 33.9. The second kappa shape index (κ2) is 15.8. The third kappa shape index (κ3) is 9.12. The van der Waals surface area contributed by atoms with Gasteiger partial charge in [0, 0.05) is 39.0 Å². The van der Waals surface area contributed by atoms with Gasteiger partial charge in [-0.05, 0) is 91.9 Å². The Morgan fingerprint density at radius 1 is 0.667 bits per heavy atom. The van der Waals surface area contributed by atoms with Crippen molar-refractivity contribution in [2.75, 3.05) is 5.32 Å². The summed E-state index contributed by atoms with van der Waals surface area (Å²) < 4.78 is 11.0. The van der Waals surface area contributed by atoms with Crippen LogP contribution in [0.25, 0.3) is 6.08 Å². The molecule has 5 aromatic carbocycles. The number of para-hydroxylation sites is 2. The summed E-state index contributed by atoms with van der Waals surface area (Å²) in [6, 6.07) is 33.3. The first-order chi connectivity index (χ1) is 23.2. The average Bonchev–Trinajstić information content (AvgIpc) is 3.09. The van der Waals surface area contributed by atoms with E-state index in [1.54, 1.807) is 109 Å². The van der Waals surface area contributed by atoms with E-state index in [4.69, 9.17) is 21.1 Å². The highest BCUT2D eigenvalue weighted by Gasteiger charge is 2.12. The lowest BCUT2D eigenvalue weighted by Gasteiger charge is -2.08. The average molecular weight is 658 g/mol. The fraction of sp³-hybridized carbons (Fsp3) is 0.0263. The number of rotatable bonds is 10. The Bertz CT molecular complexity index is 2020. The number of aryl methyl sites for hydroxylation is 1. The van der Waals surface area contributed by atoms with E-state index in [2.05, 4.69) is 15.8 Å². The maximum Gasteiger partial charge on any atom is 0.343 e. The molecular formula is C38H28ClN3O6. The number of hydrogen-bond acceptors (Lipinski definition) is 7. The molecule has 10 heteroatoms. The molecule has 0 radical (unpaired) electrons. The van der Waals surface area contributed by atoms with Crippen molar-refractivity contribution in [1.82, 2.24) is 5.43 Å². The Morgan fingerprint density at radius 3 is 2.02 bits per heavy atom. The monoisotopic (exact) mass is 657 g/mol. The summed E-state index contributed by atoms with van der Waals surface area (Å²) >= 11 is 5.90. The van der Waals surface area contributed by atoms with Gasteiger partial charge in [-0.15, -0.1) is 0 Å². The fourth-order valence-corrected chi connectivity index (χ4v) is 4.48. The van der Waals surface area contributed by atoms with Crippen LogP contribution in [0.3, 0.4) is 0 Å². The van der Waals surface area contributed by atoms with E-state index in [1.165, 1.54) is 18.4 Å². The predicted molar refractivity (Wildman–Crippen MR) is 185 cm³/mol. The van der Waals surface area contributed by atoms with Crippen LogP contribution in [0.2, 0.25) is 5.02 Å². The van der Waals surface area contributed by atoms with Crippen molar-refractivity contribution < 1.29 is 28.7 Å². The quantitative estimate of drug-likeness (QED) is 0.0527. The van der Waals surface area contributed by atoms with Crippen LogP contribution in [0, 0.1) is 6.92 Å². The summed E-state index contributed by atoms with van der Waals surface area (Å²) in [5, 5.41) is 7.31. The summed E-state index contributed by atoms with van der Waals surface area (Å²) in [5.41, 5.74) is 6.05. The first kappa shape index (κ1) is 33.1. The molecule has 0 aromatic heterocycles. The Hall–Kier alpha value is -6.32. The van der Waals surface area contributed by atoms with Gasteiger partial charge in [0.1, 0.15) is 11.5 Å². The standard InChI is InChI=1S/C38H28ClN3O6/c1-25-7-6-10-29(23-25)36(44)41-32-20-15-27(16-21-32)37(45)42-40-24-30-9-3-5-12-34(30)47-35(43)22-17-26-8-2-4-11-33(26)48-38(46)28-13-18-31(39)19-14-28/h2-24H,1H3,(H,41,44)(H,42,45)/b22-17+,40-24+. The first-order valence-electron chi connectivity index (χ1n) is 14.6. The third-order valence-electron chi connectivity index (χ3n) is 6.79. The molecule has 5 rings (SSSR count). The van der Waals surface area contributed by atoms with Gasteiger partial charge in [-0.1, -0.05) is 59.6 Å². The summed E-state index contributed by atoms with van der Waals surface area (Å²) in [5.74, 6) is -1.53. The van der Waals surface area contributed by atoms with Gasteiger partial charge in [0.25, 0.3) is 11.8 Å². The lowest BCUT2D eigenvalue weighted by atomic mass is 10.1. The predicted octanol–water partition coefficient (Wildman–Crippen LogP) is 7.50. The number of anilines is 1. The maximum absolute atomic E-state index is 12.7. The first-order valence-corrected chi connectivity index (χ1v) is 15.0. The zero-order valence-electron chi connectivity index (χ0n) is 25.6. The van der Waals surface area contributed by atoms with E-state index in [1.807, 2.05) is 19.1 Å². The van der Waals surface area contributed by atoms with E-state index in [9.17, 15) is 19.2 Å². The number of halogens is 1. The van der Waals surface area contributed by atoms with Crippen LogP contribution < -0.4 is 20.2 Å². The Kier molecular flexibility index (Phi) is 10.9. The van der Waals surface area contributed by atoms with Gasteiger partial charge in [0.15, 0.2) is 0 Å². The molecular weight excluding hydrogens is 630 g/mol. The largest absolute Gasteiger partial charge is 0.423 e. The molecule has 0 aliphatic heterocycles. The lowest BCUT2D eigenvalue weighted by molar-refractivity contribution is -0.128. The summed E-state index contributed by atoms with van der Waals surface area (Å²) in [4.78, 5) is 50.4. The molecule has 0 spiro atoms. The lowest BCUT2D eigenvalue weighted by Crippen LogP contribution is -2.18. The van der Waals surface area contributed by atoms with Crippen LogP contribution in [0.1, 0.15) is 47.8 Å². The molecule has 5 aromatic rings. The van der Waals surface area contributed by atoms with E-state index < -0.39 is 17.8 Å². The molecule has 0 unspecified atom stereocenters. The minimum Gasteiger partial charge on any atom is -0.423 e. The molecule has 0 bridgehead atoms. The SMILES string of the molecule is Cc1cccc(C(=O)Nc2ccc(C(=O)N/N=C/c3ccccc3OC(=O)/C=C/c3ccccc3OC(=O)c3ccc(Cl)cc3)cc2)c1. The number of nitrogens with one attached hydrogen (secondary N) is 2. The molecule has 0 aliphatic carbocycles. The van der Waals surface area contributed by atoms with E-state index >= 15 is 0 Å². The maximum atomic E-state index is 12.7. The van der Waals surface area contributed by atoms with Gasteiger partial charge >= 0.3 is 11.9 Å². The molecule has 0 saturated heterocycles. The number of ether oxygens (including phenoxy) is 2. The van der Waals surface area contributed by atoms with Crippen molar-refractivity contribution >= 4 is 53.3 Å². The molecule has 0 atom stereocenters. The molecule has 0 fully saturated rings. The number of carbonyl (C=O) groups is 4. The van der Waals surface area contributed by atoms with Gasteiger partial charge < -0.3 is 14.8 Å². The Labute approximate surface area is 281 Å². The molecule has 48 heavy (non-hydrogen) atoms. The smallest absolute Gasteiger partial charge is 0.343 e. The fourth-order valence-electron chi connectivity index (χ4n) is 4.36. The molecule has 0 saturated carbocycles. The Morgan fingerprint density at radius 2 is 1.31 bits per heavy atom. The molecule has 0 aliphatic rings. The molecule has 9 nitrogen and oxygen atoms in total. The summed E-state index contributed by atoms with van der Waals surface area (Å²) in [6.45, 7) is 1.91. The van der Waals surface area contributed by atoms with Crippen LogP contribution in [0.15, 0.2) is 133 Å². The van der Waals surface area contributed by atoms with Crippen LogP contribution in [-0.4, -0.2) is 30.0 Å². The van der Waals surface area contributed by atoms with E-state index in [0.717, 1.165) is 5.56 Å². The van der Waals surface area contributed by atoms with Gasteiger partial charge in [-0.3, -0.25) is 9.59 Å². The third-order valence-corrected chi connectivity index (χ3v) is 7.04. The van der Waals surface area contributed by atoms with Crippen LogP contribution in [0.4, 0.5) is 5.69 Å². The molecule has 0 heterocycles. The van der Waals surface area contributed by atoms with E-state index in [0.29, 0.717) is 38.5 Å². The van der Waals surface area contributed by atoms with Crippen molar-refractivity contribution in [3.63, 3.8) is 0 Å². The van der Waals surface area contributed by atoms with Crippen molar-refractivity contribution in [3.8, 4) is 11.5 Å². The summed E-state index contributed by atoms with van der Waals surface area (Å²) in [6.07, 6.45) is 4.03. The Balaban J connectivity index is 1.17. The molecule has 238 valence electrons. The van der Waals surface area contributed by atoms with Crippen LogP contribution in [-0.2, 0) is 4.79 Å². The van der Waals surface area contributed by atoms with Crippen LogP contribution in [0.5, 0.6) is 11.5 Å². The van der Waals surface area contributed by atoms with Crippen molar-refractivity contribution in [2.45, 2.75) is 6.92 Å². The van der Waals surface area contributed by atoms with Crippen molar-refractivity contribution in [1.29, 1.82) is 0 Å². The molecule has 2 N–H and O–H groups in total. The number of carbonyl (C=O) groups excluding carboxylic acids is 4. The number of benzene rings is 5. The van der Waals surface area contributed by atoms with Gasteiger partial charge in [-0.2, -0.15) is 5.10 Å². The van der Waals surface area contributed by atoms with Crippen molar-refractivity contribution in [3.05, 3.63) is 166 Å². The summed E-state index contributed by atoms with van der Waals surface area (Å²) in [7, 11) is 0. The van der Waals surface area contributed by atoms with Gasteiger partial charge in [0.05, 0.1) is 11.8 Å². The van der Waals surface area contributed by atoms with Crippen molar-refractivity contribution in [2.24, 2.45) is 5.10 Å². The normalized spacial score (nSPS) is 10.9. The highest BCUT2D eigenvalue weighted by Crippen LogP contribution is 2.22. The number of esters is 2. The highest BCUT2D eigenvalue weighted by molar-refractivity contribution is 6.30. The number of nitrogens with zero attached hydrogens (tertiary/aromatic N) is 1.